The van der Waals surface area contributed by atoms with E-state index in [2.05, 4.69) is 13.8 Å². The van der Waals surface area contributed by atoms with E-state index in [1.54, 1.807) is 0 Å². The fraction of sp³-hybridized carbons (Fsp3) is 1.00. The average molecular weight is 197 g/mol. The molecule has 14 heavy (non-hydrogen) atoms. The van der Waals surface area contributed by atoms with Gasteiger partial charge in [-0.2, -0.15) is 0 Å². The summed E-state index contributed by atoms with van der Waals surface area (Å²) < 4.78 is 0. The van der Waals surface area contributed by atoms with Gasteiger partial charge >= 0.3 is 0 Å². The molecule has 0 aliphatic heterocycles. The standard InChI is InChI=1S/C13H27N/c1-3-11(2)13(14)12-9-7-5-4-6-8-10-12/h11-13H,3-10,14H2,1-2H3. The molecule has 0 aromatic carbocycles. The molecular formula is C13H27N. The zero-order valence-electron chi connectivity index (χ0n) is 9.97. The van der Waals surface area contributed by atoms with Crippen molar-refractivity contribution in [2.45, 2.75) is 71.3 Å². The minimum atomic E-state index is 0.457. The molecule has 0 bridgehead atoms. The second-order valence-electron chi connectivity index (χ2n) is 5.07. The summed E-state index contributed by atoms with van der Waals surface area (Å²) in [5.74, 6) is 1.52. The summed E-state index contributed by atoms with van der Waals surface area (Å²) >= 11 is 0. The van der Waals surface area contributed by atoms with Crippen LogP contribution in [-0.4, -0.2) is 6.04 Å². The van der Waals surface area contributed by atoms with Gasteiger partial charge in [-0.05, 0) is 24.7 Å². The zero-order chi connectivity index (χ0) is 10.4. The third-order valence-corrected chi connectivity index (χ3v) is 4.00. The van der Waals surface area contributed by atoms with Crippen LogP contribution in [0, 0.1) is 11.8 Å². The van der Waals surface area contributed by atoms with E-state index in [9.17, 15) is 0 Å². The summed E-state index contributed by atoms with van der Waals surface area (Å²) in [5, 5.41) is 0. The predicted molar refractivity (Wildman–Crippen MR) is 63.2 cm³/mol. The van der Waals surface area contributed by atoms with Crippen LogP contribution >= 0.6 is 0 Å². The Bertz CT molecular complexity index is 136. The molecule has 2 unspecified atom stereocenters. The van der Waals surface area contributed by atoms with E-state index in [4.69, 9.17) is 5.73 Å². The molecule has 0 saturated heterocycles. The normalized spacial score (nSPS) is 25.1. The van der Waals surface area contributed by atoms with Crippen LogP contribution in [0.2, 0.25) is 0 Å². The Labute approximate surface area is 89.5 Å². The molecule has 0 radical (unpaired) electrons. The minimum Gasteiger partial charge on any atom is -0.327 e. The highest BCUT2D eigenvalue weighted by atomic mass is 14.7. The SMILES string of the molecule is CCC(C)C(N)C1CCCCCCC1. The van der Waals surface area contributed by atoms with Crippen LogP contribution in [-0.2, 0) is 0 Å². The lowest BCUT2D eigenvalue weighted by molar-refractivity contribution is 0.264. The van der Waals surface area contributed by atoms with Crippen molar-refractivity contribution in [3.63, 3.8) is 0 Å². The van der Waals surface area contributed by atoms with Gasteiger partial charge in [-0.1, -0.05) is 52.4 Å². The van der Waals surface area contributed by atoms with Crippen LogP contribution in [0.25, 0.3) is 0 Å². The lowest BCUT2D eigenvalue weighted by atomic mass is 9.80. The highest BCUT2D eigenvalue weighted by Crippen LogP contribution is 2.27. The second kappa shape index (κ2) is 6.44. The van der Waals surface area contributed by atoms with Crippen LogP contribution in [0.4, 0.5) is 0 Å². The monoisotopic (exact) mass is 197 g/mol. The molecule has 1 heteroatoms. The molecule has 1 saturated carbocycles. The van der Waals surface area contributed by atoms with Crippen molar-refractivity contribution in [3.8, 4) is 0 Å². The topological polar surface area (TPSA) is 26.0 Å². The van der Waals surface area contributed by atoms with Crippen LogP contribution in [0.1, 0.15) is 65.2 Å². The van der Waals surface area contributed by atoms with Crippen LogP contribution < -0.4 is 5.73 Å². The van der Waals surface area contributed by atoms with Gasteiger partial charge in [0.15, 0.2) is 0 Å². The molecule has 0 aromatic rings. The smallest absolute Gasteiger partial charge is 0.00928 e. The van der Waals surface area contributed by atoms with Gasteiger partial charge in [0.05, 0.1) is 0 Å². The van der Waals surface area contributed by atoms with E-state index >= 15 is 0 Å². The molecule has 1 aliphatic carbocycles. The van der Waals surface area contributed by atoms with Gasteiger partial charge in [-0.3, -0.25) is 0 Å². The van der Waals surface area contributed by atoms with Gasteiger partial charge in [0.25, 0.3) is 0 Å². The number of hydrogen-bond donors (Lipinski definition) is 1. The Balaban J connectivity index is 2.38. The van der Waals surface area contributed by atoms with Crippen molar-refractivity contribution < 1.29 is 0 Å². The lowest BCUT2D eigenvalue weighted by Crippen LogP contribution is -2.36. The molecule has 0 spiro atoms. The molecule has 2 N–H and O–H groups in total. The largest absolute Gasteiger partial charge is 0.327 e. The zero-order valence-corrected chi connectivity index (χ0v) is 9.97. The maximum Gasteiger partial charge on any atom is 0.00928 e. The molecule has 0 amide bonds. The van der Waals surface area contributed by atoms with E-state index < -0.39 is 0 Å². The third kappa shape index (κ3) is 3.61. The van der Waals surface area contributed by atoms with Gasteiger partial charge in [0, 0.05) is 6.04 Å². The van der Waals surface area contributed by atoms with Crippen molar-refractivity contribution in [2.24, 2.45) is 17.6 Å². The lowest BCUT2D eigenvalue weighted by Gasteiger charge is -2.29. The summed E-state index contributed by atoms with van der Waals surface area (Å²) in [4.78, 5) is 0. The van der Waals surface area contributed by atoms with Crippen LogP contribution in [0.15, 0.2) is 0 Å². The molecule has 1 rings (SSSR count). The maximum absolute atomic E-state index is 6.32. The van der Waals surface area contributed by atoms with Crippen molar-refractivity contribution >= 4 is 0 Å². The molecule has 1 fully saturated rings. The summed E-state index contributed by atoms with van der Waals surface area (Å²) in [6, 6.07) is 0.457. The highest BCUT2D eigenvalue weighted by molar-refractivity contribution is 4.78. The molecule has 0 heterocycles. The minimum absolute atomic E-state index is 0.457. The van der Waals surface area contributed by atoms with E-state index in [1.807, 2.05) is 0 Å². The molecular weight excluding hydrogens is 170 g/mol. The van der Waals surface area contributed by atoms with Crippen molar-refractivity contribution in [1.82, 2.24) is 0 Å². The van der Waals surface area contributed by atoms with E-state index in [-0.39, 0.29) is 0 Å². The Kier molecular flexibility index (Phi) is 5.54. The van der Waals surface area contributed by atoms with Gasteiger partial charge < -0.3 is 5.73 Å². The van der Waals surface area contributed by atoms with Crippen molar-refractivity contribution in [1.29, 1.82) is 0 Å². The first-order valence-electron chi connectivity index (χ1n) is 6.51. The number of hydrogen-bond acceptors (Lipinski definition) is 1. The quantitative estimate of drug-likeness (QED) is 0.733. The van der Waals surface area contributed by atoms with Gasteiger partial charge in [-0.15, -0.1) is 0 Å². The molecule has 0 aromatic heterocycles. The van der Waals surface area contributed by atoms with E-state index in [1.165, 1.54) is 51.4 Å². The van der Waals surface area contributed by atoms with Gasteiger partial charge in [-0.25, -0.2) is 0 Å². The highest BCUT2D eigenvalue weighted by Gasteiger charge is 2.22. The average Bonchev–Trinajstić information content (AvgIpc) is 2.15. The Morgan fingerprint density at radius 1 is 1.07 bits per heavy atom. The molecule has 84 valence electrons. The Morgan fingerprint density at radius 2 is 1.57 bits per heavy atom. The summed E-state index contributed by atoms with van der Waals surface area (Å²) in [7, 11) is 0. The van der Waals surface area contributed by atoms with E-state index in [0.29, 0.717) is 12.0 Å². The number of nitrogens with two attached hydrogens (primary N) is 1. The summed E-state index contributed by atoms with van der Waals surface area (Å²) in [5.41, 5.74) is 6.32. The van der Waals surface area contributed by atoms with Gasteiger partial charge in [0.2, 0.25) is 0 Å². The Hall–Kier alpha value is -0.0400. The summed E-state index contributed by atoms with van der Waals surface area (Å²) in [6.45, 7) is 4.57. The summed E-state index contributed by atoms with van der Waals surface area (Å²) in [6.07, 6.45) is 11.1. The van der Waals surface area contributed by atoms with Crippen molar-refractivity contribution in [3.05, 3.63) is 0 Å². The predicted octanol–water partition coefficient (Wildman–Crippen LogP) is 3.72. The first kappa shape index (κ1) is 12.0. The first-order valence-corrected chi connectivity index (χ1v) is 6.51. The van der Waals surface area contributed by atoms with E-state index in [0.717, 1.165) is 5.92 Å². The van der Waals surface area contributed by atoms with Crippen molar-refractivity contribution in [2.75, 3.05) is 0 Å². The third-order valence-electron chi connectivity index (χ3n) is 4.00. The fourth-order valence-corrected chi connectivity index (χ4v) is 2.61. The van der Waals surface area contributed by atoms with Gasteiger partial charge in [0.1, 0.15) is 0 Å². The number of rotatable bonds is 3. The Morgan fingerprint density at radius 3 is 2.07 bits per heavy atom. The second-order valence-corrected chi connectivity index (χ2v) is 5.07. The molecule has 1 nitrogen and oxygen atoms in total. The molecule has 1 aliphatic rings. The van der Waals surface area contributed by atoms with Crippen LogP contribution in [0.5, 0.6) is 0 Å². The molecule has 2 atom stereocenters. The van der Waals surface area contributed by atoms with Crippen LogP contribution in [0.3, 0.4) is 0 Å². The fourth-order valence-electron chi connectivity index (χ4n) is 2.61. The first-order chi connectivity index (χ1) is 6.75. The maximum atomic E-state index is 6.32.